The maximum absolute atomic E-state index is 12.0. The van der Waals surface area contributed by atoms with Crippen molar-refractivity contribution in [2.24, 2.45) is 0 Å². The zero-order valence-electron chi connectivity index (χ0n) is 13.0. The topological polar surface area (TPSA) is 44.8 Å². The Hall–Kier alpha value is -0.650. The minimum atomic E-state index is -0.226. The molecule has 0 aromatic carbocycles. The van der Waals surface area contributed by atoms with Crippen molar-refractivity contribution in [3.63, 3.8) is 0 Å². The highest BCUT2D eigenvalue weighted by Gasteiger charge is 2.27. The van der Waals surface area contributed by atoms with Crippen molar-refractivity contribution in [2.75, 3.05) is 39.8 Å². The molecule has 0 bridgehead atoms. The predicted octanol–water partition coefficient (Wildman–Crippen LogP) is 0.552. The molecule has 0 aromatic heterocycles. The van der Waals surface area contributed by atoms with Gasteiger partial charge in [0.15, 0.2) is 0 Å². The molecule has 1 saturated heterocycles. The van der Waals surface area contributed by atoms with Gasteiger partial charge >= 0.3 is 5.97 Å². The van der Waals surface area contributed by atoms with E-state index in [0.29, 0.717) is 12.6 Å². The molecule has 5 heteroatoms. The molecular weight excluding hydrogens is 242 g/mol. The first-order valence-corrected chi connectivity index (χ1v) is 7.29. The molecule has 1 heterocycles. The SMILES string of the molecule is CCOC(=O)C(CN1CCN(C)C(C)C1)NC(C)C. The molecule has 1 fully saturated rings. The van der Waals surface area contributed by atoms with E-state index in [1.807, 2.05) is 6.92 Å². The van der Waals surface area contributed by atoms with E-state index >= 15 is 0 Å². The van der Waals surface area contributed by atoms with E-state index in [9.17, 15) is 4.79 Å². The van der Waals surface area contributed by atoms with Crippen molar-refractivity contribution in [1.29, 1.82) is 0 Å². The molecule has 0 saturated carbocycles. The Kier molecular flexibility index (Phi) is 6.75. The average Bonchev–Trinajstić information content (AvgIpc) is 2.33. The van der Waals surface area contributed by atoms with Crippen LogP contribution in [0.25, 0.3) is 0 Å². The fourth-order valence-corrected chi connectivity index (χ4v) is 2.39. The summed E-state index contributed by atoms with van der Waals surface area (Å²) in [6, 6.07) is 0.588. The number of ether oxygens (including phenoxy) is 1. The van der Waals surface area contributed by atoms with Crippen LogP contribution in [0.4, 0.5) is 0 Å². The van der Waals surface area contributed by atoms with Gasteiger partial charge in [-0.05, 0) is 20.9 Å². The molecule has 112 valence electrons. The number of hydrogen-bond donors (Lipinski definition) is 1. The molecular formula is C14H29N3O2. The van der Waals surface area contributed by atoms with Crippen LogP contribution in [0.15, 0.2) is 0 Å². The summed E-state index contributed by atoms with van der Waals surface area (Å²) in [5, 5.41) is 3.31. The third-order valence-corrected chi connectivity index (χ3v) is 3.59. The van der Waals surface area contributed by atoms with E-state index in [-0.39, 0.29) is 18.1 Å². The molecule has 0 radical (unpaired) electrons. The number of rotatable bonds is 6. The van der Waals surface area contributed by atoms with E-state index < -0.39 is 0 Å². The summed E-state index contributed by atoms with van der Waals surface area (Å²) in [6.07, 6.45) is 0. The van der Waals surface area contributed by atoms with E-state index in [1.54, 1.807) is 0 Å². The minimum absolute atomic E-state index is 0.136. The third-order valence-electron chi connectivity index (χ3n) is 3.59. The van der Waals surface area contributed by atoms with Crippen molar-refractivity contribution in [3.05, 3.63) is 0 Å². The van der Waals surface area contributed by atoms with Gasteiger partial charge in [-0.2, -0.15) is 0 Å². The van der Waals surface area contributed by atoms with Crippen molar-refractivity contribution in [1.82, 2.24) is 15.1 Å². The second kappa shape index (κ2) is 7.82. The molecule has 0 spiro atoms. The Balaban J connectivity index is 2.54. The highest BCUT2D eigenvalue weighted by atomic mass is 16.5. The first-order valence-electron chi connectivity index (χ1n) is 7.29. The van der Waals surface area contributed by atoms with Gasteiger partial charge in [0.25, 0.3) is 0 Å². The molecule has 1 aliphatic rings. The second-order valence-electron chi connectivity index (χ2n) is 5.72. The van der Waals surface area contributed by atoms with Gasteiger partial charge in [0.1, 0.15) is 6.04 Å². The van der Waals surface area contributed by atoms with Crippen LogP contribution in [0.2, 0.25) is 0 Å². The van der Waals surface area contributed by atoms with Crippen LogP contribution in [0.1, 0.15) is 27.7 Å². The minimum Gasteiger partial charge on any atom is -0.465 e. The number of likely N-dealkylation sites (N-methyl/N-ethyl adjacent to an activating group) is 1. The standard InChI is InChI=1S/C14H29N3O2/c1-6-19-14(18)13(15-11(2)3)10-17-8-7-16(5)12(4)9-17/h11-13,15H,6-10H2,1-5H3. The van der Waals surface area contributed by atoms with Gasteiger partial charge in [0, 0.05) is 38.3 Å². The Morgan fingerprint density at radius 3 is 2.63 bits per heavy atom. The highest BCUT2D eigenvalue weighted by Crippen LogP contribution is 2.08. The van der Waals surface area contributed by atoms with Crippen LogP contribution in [0, 0.1) is 0 Å². The van der Waals surface area contributed by atoms with Crippen molar-refractivity contribution in [2.45, 2.75) is 45.8 Å². The number of piperazine rings is 1. The summed E-state index contributed by atoms with van der Waals surface area (Å²) in [5.41, 5.74) is 0. The molecule has 2 atom stereocenters. The van der Waals surface area contributed by atoms with Gasteiger partial charge in [-0.3, -0.25) is 9.69 Å². The Morgan fingerprint density at radius 1 is 1.42 bits per heavy atom. The summed E-state index contributed by atoms with van der Waals surface area (Å²) in [5.74, 6) is -0.136. The van der Waals surface area contributed by atoms with Gasteiger partial charge < -0.3 is 15.0 Å². The second-order valence-corrected chi connectivity index (χ2v) is 5.72. The van der Waals surface area contributed by atoms with E-state index in [4.69, 9.17) is 4.74 Å². The first-order chi connectivity index (χ1) is 8.93. The molecule has 1 rings (SSSR count). The molecule has 1 aliphatic heterocycles. The average molecular weight is 271 g/mol. The zero-order valence-corrected chi connectivity index (χ0v) is 13.0. The lowest BCUT2D eigenvalue weighted by atomic mass is 10.1. The van der Waals surface area contributed by atoms with Crippen LogP contribution in [-0.2, 0) is 9.53 Å². The molecule has 0 aliphatic carbocycles. The van der Waals surface area contributed by atoms with Crippen molar-refractivity contribution >= 4 is 5.97 Å². The summed E-state index contributed by atoms with van der Waals surface area (Å²) in [4.78, 5) is 16.7. The number of carbonyl (C=O) groups is 1. The normalized spacial score (nSPS) is 23.6. The van der Waals surface area contributed by atoms with Crippen LogP contribution in [0.3, 0.4) is 0 Å². The quantitative estimate of drug-likeness (QED) is 0.715. The van der Waals surface area contributed by atoms with Gasteiger partial charge in [0.2, 0.25) is 0 Å². The van der Waals surface area contributed by atoms with Crippen molar-refractivity contribution < 1.29 is 9.53 Å². The van der Waals surface area contributed by atoms with Gasteiger partial charge in [-0.15, -0.1) is 0 Å². The summed E-state index contributed by atoms with van der Waals surface area (Å²) >= 11 is 0. The number of nitrogens with zero attached hydrogens (tertiary/aromatic N) is 2. The molecule has 19 heavy (non-hydrogen) atoms. The fraction of sp³-hybridized carbons (Fsp3) is 0.929. The summed E-state index contributed by atoms with van der Waals surface area (Å²) in [6.45, 7) is 12.4. The Morgan fingerprint density at radius 2 is 2.11 bits per heavy atom. The third kappa shape index (κ3) is 5.47. The van der Waals surface area contributed by atoms with E-state index in [0.717, 1.165) is 26.2 Å². The number of hydrogen-bond acceptors (Lipinski definition) is 5. The zero-order chi connectivity index (χ0) is 14.4. The predicted molar refractivity (Wildman–Crippen MR) is 77.2 cm³/mol. The largest absolute Gasteiger partial charge is 0.465 e. The fourth-order valence-electron chi connectivity index (χ4n) is 2.39. The first kappa shape index (κ1) is 16.4. The van der Waals surface area contributed by atoms with E-state index in [1.165, 1.54) is 0 Å². The van der Waals surface area contributed by atoms with Gasteiger partial charge in [-0.25, -0.2) is 0 Å². The molecule has 5 nitrogen and oxygen atoms in total. The number of esters is 1. The van der Waals surface area contributed by atoms with Gasteiger partial charge in [0.05, 0.1) is 6.61 Å². The van der Waals surface area contributed by atoms with Crippen LogP contribution in [-0.4, -0.2) is 73.7 Å². The van der Waals surface area contributed by atoms with Crippen LogP contribution in [0.5, 0.6) is 0 Å². The summed E-state index contributed by atoms with van der Waals surface area (Å²) in [7, 11) is 2.15. The van der Waals surface area contributed by atoms with E-state index in [2.05, 4.69) is 42.9 Å². The highest BCUT2D eigenvalue weighted by molar-refractivity contribution is 5.76. The lowest BCUT2D eigenvalue weighted by molar-refractivity contribution is -0.146. The number of carbonyl (C=O) groups excluding carboxylic acids is 1. The molecule has 2 unspecified atom stereocenters. The Bertz CT molecular complexity index is 284. The van der Waals surface area contributed by atoms with Crippen LogP contribution < -0.4 is 5.32 Å². The molecule has 0 aromatic rings. The van der Waals surface area contributed by atoms with Crippen LogP contribution >= 0.6 is 0 Å². The monoisotopic (exact) mass is 271 g/mol. The maximum atomic E-state index is 12.0. The lowest BCUT2D eigenvalue weighted by Crippen LogP contribution is -2.56. The molecule has 0 amide bonds. The number of nitrogens with one attached hydrogen (secondary N) is 1. The summed E-state index contributed by atoms with van der Waals surface area (Å²) < 4.78 is 5.16. The Labute approximate surface area is 117 Å². The van der Waals surface area contributed by atoms with Crippen molar-refractivity contribution in [3.8, 4) is 0 Å². The maximum Gasteiger partial charge on any atom is 0.324 e. The molecule has 1 N–H and O–H groups in total. The smallest absolute Gasteiger partial charge is 0.324 e. The van der Waals surface area contributed by atoms with Gasteiger partial charge in [-0.1, -0.05) is 13.8 Å². The lowest BCUT2D eigenvalue weighted by Gasteiger charge is -2.39.